The fourth-order valence-corrected chi connectivity index (χ4v) is 2.44. The molecule has 0 aromatic heterocycles. The first-order valence-corrected chi connectivity index (χ1v) is 7.13. The van der Waals surface area contributed by atoms with Crippen LogP contribution in [0.4, 0.5) is 5.69 Å². The second kappa shape index (κ2) is 6.89. The molecule has 0 amide bonds. The zero-order chi connectivity index (χ0) is 15.2. The Morgan fingerprint density at radius 2 is 2.14 bits per heavy atom. The van der Waals surface area contributed by atoms with Crippen molar-refractivity contribution < 1.29 is 4.79 Å². The molecule has 0 N–H and O–H groups in total. The van der Waals surface area contributed by atoms with Gasteiger partial charge in [-0.1, -0.05) is 55.7 Å². The SMILES string of the molecule is C=CN(CC(=O)C1C=CC=CC1)c1ccccc1C(=C)C. The van der Waals surface area contributed by atoms with Crippen molar-refractivity contribution in [1.29, 1.82) is 0 Å². The van der Waals surface area contributed by atoms with E-state index in [1.54, 1.807) is 6.20 Å². The average molecular weight is 279 g/mol. The molecule has 0 saturated heterocycles. The van der Waals surface area contributed by atoms with Crippen molar-refractivity contribution in [2.45, 2.75) is 13.3 Å². The zero-order valence-electron chi connectivity index (χ0n) is 12.5. The molecule has 0 spiro atoms. The van der Waals surface area contributed by atoms with Crippen LogP contribution in [0, 0.1) is 5.92 Å². The number of nitrogens with zero attached hydrogens (tertiary/aromatic N) is 1. The van der Waals surface area contributed by atoms with Gasteiger partial charge >= 0.3 is 0 Å². The van der Waals surface area contributed by atoms with Crippen LogP contribution >= 0.6 is 0 Å². The van der Waals surface area contributed by atoms with E-state index in [2.05, 4.69) is 13.2 Å². The molecule has 0 saturated carbocycles. The maximum absolute atomic E-state index is 12.4. The lowest BCUT2D eigenvalue weighted by Crippen LogP contribution is -2.29. The van der Waals surface area contributed by atoms with E-state index in [-0.39, 0.29) is 11.7 Å². The van der Waals surface area contributed by atoms with E-state index in [0.29, 0.717) is 6.54 Å². The highest BCUT2D eigenvalue weighted by molar-refractivity contribution is 5.89. The van der Waals surface area contributed by atoms with Crippen molar-refractivity contribution in [2.75, 3.05) is 11.4 Å². The molecule has 21 heavy (non-hydrogen) atoms. The molecule has 0 aliphatic heterocycles. The van der Waals surface area contributed by atoms with E-state index in [0.717, 1.165) is 23.2 Å². The Kier molecular flexibility index (Phi) is 4.94. The van der Waals surface area contributed by atoms with Crippen LogP contribution in [0.2, 0.25) is 0 Å². The number of rotatable bonds is 6. The summed E-state index contributed by atoms with van der Waals surface area (Å²) in [6, 6.07) is 7.95. The number of para-hydroxylation sites is 1. The summed E-state index contributed by atoms with van der Waals surface area (Å²) in [5, 5.41) is 0. The first kappa shape index (κ1) is 15.0. The van der Waals surface area contributed by atoms with E-state index in [9.17, 15) is 4.79 Å². The fraction of sp³-hybridized carbons (Fsp3) is 0.211. The first-order valence-electron chi connectivity index (χ1n) is 7.13. The van der Waals surface area contributed by atoms with Gasteiger partial charge in [0.1, 0.15) is 0 Å². The Bertz CT molecular complexity index is 610. The molecule has 0 fully saturated rings. The fourth-order valence-electron chi connectivity index (χ4n) is 2.44. The highest BCUT2D eigenvalue weighted by Crippen LogP contribution is 2.26. The van der Waals surface area contributed by atoms with Gasteiger partial charge in [-0.2, -0.15) is 0 Å². The second-order valence-electron chi connectivity index (χ2n) is 5.23. The van der Waals surface area contributed by atoms with Crippen LogP contribution in [0.25, 0.3) is 5.57 Å². The van der Waals surface area contributed by atoms with Crippen molar-refractivity contribution >= 4 is 17.0 Å². The molecule has 1 aromatic carbocycles. The summed E-state index contributed by atoms with van der Waals surface area (Å²) in [5.41, 5.74) is 3.00. The van der Waals surface area contributed by atoms with Crippen LogP contribution in [0.1, 0.15) is 18.9 Å². The molecule has 2 rings (SSSR count). The van der Waals surface area contributed by atoms with Crippen molar-refractivity contribution in [2.24, 2.45) is 5.92 Å². The largest absolute Gasteiger partial charge is 0.341 e. The maximum Gasteiger partial charge on any atom is 0.159 e. The normalized spacial score (nSPS) is 16.5. The molecule has 2 heteroatoms. The van der Waals surface area contributed by atoms with Gasteiger partial charge in [-0.3, -0.25) is 4.79 Å². The molecule has 1 aliphatic carbocycles. The summed E-state index contributed by atoms with van der Waals surface area (Å²) in [7, 11) is 0. The lowest BCUT2D eigenvalue weighted by Gasteiger charge is -2.24. The number of carbonyl (C=O) groups excluding carboxylic acids is 1. The van der Waals surface area contributed by atoms with Gasteiger partial charge in [-0.15, -0.1) is 0 Å². The van der Waals surface area contributed by atoms with E-state index in [4.69, 9.17) is 0 Å². The van der Waals surface area contributed by atoms with Crippen LogP contribution < -0.4 is 4.90 Å². The summed E-state index contributed by atoms with van der Waals surface area (Å²) >= 11 is 0. The molecule has 2 nitrogen and oxygen atoms in total. The second-order valence-corrected chi connectivity index (χ2v) is 5.23. The molecular formula is C19H21NO. The van der Waals surface area contributed by atoms with Gasteiger partial charge in [-0.25, -0.2) is 0 Å². The van der Waals surface area contributed by atoms with Crippen LogP contribution in [0.3, 0.4) is 0 Å². The topological polar surface area (TPSA) is 20.3 Å². The molecule has 108 valence electrons. The van der Waals surface area contributed by atoms with E-state index in [1.807, 2.05) is 60.4 Å². The van der Waals surface area contributed by atoms with Gasteiger partial charge in [0.2, 0.25) is 0 Å². The lowest BCUT2D eigenvalue weighted by molar-refractivity contribution is -0.120. The third-order valence-electron chi connectivity index (χ3n) is 3.61. The number of hydrogen-bond acceptors (Lipinski definition) is 2. The van der Waals surface area contributed by atoms with Gasteiger partial charge in [-0.05, 0) is 31.2 Å². The molecule has 0 heterocycles. The van der Waals surface area contributed by atoms with Crippen LogP contribution in [-0.2, 0) is 4.79 Å². The van der Waals surface area contributed by atoms with Gasteiger partial charge in [0, 0.05) is 17.2 Å². The Balaban J connectivity index is 2.19. The predicted molar refractivity (Wildman–Crippen MR) is 90.1 cm³/mol. The van der Waals surface area contributed by atoms with E-state index >= 15 is 0 Å². The van der Waals surface area contributed by atoms with Gasteiger partial charge < -0.3 is 4.90 Å². The Morgan fingerprint density at radius 3 is 2.76 bits per heavy atom. The summed E-state index contributed by atoms with van der Waals surface area (Å²) in [4.78, 5) is 14.3. The Hall–Kier alpha value is -2.35. The standard InChI is InChI=1S/C19H21NO/c1-4-20(14-19(21)16-10-6-5-7-11-16)18-13-9-8-12-17(18)15(2)3/h4-10,12-13,16H,1-2,11,14H2,3H3. The van der Waals surface area contributed by atoms with Gasteiger partial charge in [0.05, 0.1) is 6.54 Å². The van der Waals surface area contributed by atoms with Crippen molar-refractivity contribution in [3.05, 3.63) is 73.5 Å². The number of ketones is 1. The summed E-state index contributed by atoms with van der Waals surface area (Å²) < 4.78 is 0. The summed E-state index contributed by atoms with van der Waals surface area (Å²) in [5.74, 6) is 0.168. The van der Waals surface area contributed by atoms with Crippen molar-refractivity contribution in [3.63, 3.8) is 0 Å². The van der Waals surface area contributed by atoms with Gasteiger partial charge in [0.25, 0.3) is 0 Å². The molecule has 1 atom stereocenters. The minimum absolute atomic E-state index is 0.0329. The lowest BCUT2D eigenvalue weighted by atomic mass is 9.95. The van der Waals surface area contributed by atoms with E-state index in [1.165, 1.54) is 0 Å². The number of anilines is 1. The number of carbonyl (C=O) groups is 1. The van der Waals surface area contributed by atoms with Crippen molar-refractivity contribution in [1.82, 2.24) is 0 Å². The minimum atomic E-state index is -0.0329. The third-order valence-corrected chi connectivity index (χ3v) is 3.61. The third kappa shape index (κ3) is 3.60. The van der Waals surface area contributed by atoms with Crippen LogP contribution in [0.15, 0.2) is 67.9 Å². The zero-order valence-corrected chi connectivity index (χ0v) is 12.5. The Morgan fingerprint density at radius 1 is 1.38 bits per heavy atom. The predicted octanol–water partition coefficient (Wildman–Crippen LogP) is 4.37. The molecule has 1 unspecified atom stereocenters. The summed E-state index contributed by atoms with van der Waals surface area (Å²) in [6.45, 7) is 10.2. The monoisotopic (exact) mass is 279 g/mol. The number of benzene rings is 1. The van der Waals surface area contributed by atoms with Crippen molar-refractivity contribution in [3.8, 4) is 0 Å². The summed E-state index contributed by atoms with van der Waals surface area (Å²) in [6.07, 6.45) is 10.4. The van der Waals surface area contributed by atoms with Gasteiger partial charge in [0.15, 0.2) is 5.78 Å². The molecule has 1 aromatic rings. The first-order chi connectivity index (χ1) is 10.1. The quantitative estimate of drug-likeness (QED) is 0.770. The average Bonchev–Trinajstić information content (AvgIpc) is 2.53. The number of Topliss-reactive ketones (excluding diaryl/α,β-unsaturated/α-hetero) is 1. The van der Waals surface area contributed by atoms with Crippen LogP contribution in [0.5, 0.6) is 0 Å². The highest BCUT2D eigenvalue weighted by Gasteiger charge is 2.19. The maximum atomic E-state index is 12.4. The molecule has 0 bridgehead atoms. The molecular weight excluding hydrogens is 258 g/mol. The highest BCUT2D eigenvalue weighted by atomic mass is 16.1. The molecule has 1 aliphatic rings. The number of hydrogen-bond donors (Lipinski definition) is 0. The Labute approximate surface area is 126 Å². The number of allylic oxidation sites excluding steroid dienone is 5. The van der Waals surface area contributed by atoms with Crippen LogP contribution in [-0.4, -0.2) is 12.3 Å². The smallest absolute Gasteiger partial charge is 0.159 e. The molecule has 0 radical (unpaired) electrons. The minimum Gasteiger partial charge on any atom is -0.341 e. The van der Waals surface area contributed by atoms with E-state index < -0.39 is 0 Å².